The maximum atomic E-state index is 11.0. The number of rotatable bonds is 1. The highest BCUT2D eigenvalue weighted by Gasteiger charge is 2.10. The molecule has 0 aliphatic rings. The largest absolute Gasteiger partial charge is 0.478 e. The monoisotopic (exact) mass is 225 g/mol. The molecule has 3 heteroatoms. The number of aromatic amines is 1. The zero-order valence-corrected chi connectivity index (χ0v) is 9.32. The van der Waals surface area contributed by atoms with E-state index in [-0.39, 0.29) is 0 Å². The van der Waals surface area contributed by atoms with E-state index in [4.69, 9.17) is 5.11 Å². The van der Waals surface area contributed by atoms with E-state index in [1.807, 2.05) is 31.2 Å². The molecule has 1 aromatic heterocycles. The summed E-state index contributed by atoms with van der Waals surface area (Å²) in [5.41, 5.74) is 3.33. The first-order valence-corrected chi connectivity index (χ1v) is 5.41. The predicted molar refractivity (Wildman–Crippen MR) is 67.5 cm³/mol. The van der Waals surface area contributed by atoms with Gasteiger partial charge in [0.15, 0.2) is 0 Å². The Hall–Kier alpha value is -2.29. The molecule has 0 amide bonds. The number of aromatic carboxylic acids is 1. The van der Waals surface area contributed by atoms with Gasteiger partial charge in [-0.1, -0.05) is 18.2 Å². The molecule has 0 saturated heterocycles. The topological polar surface area (TPSA) is 53.1 Å². The van der Waals surface area contributed by atoms with Crippen molar-refractivity contribution in [3.05, 3.63) is 47.5 Å². The highest BCUT2D eigenvalue weighted by molar-refractivity contribution is 6.10. The Labute approximate surface area is 97.7 Å². The van der Waals surface area contributed by atoms with Crippen LogP contribution in [0.3, 0.4) is 0 Å². The molecule has 17 heavy (non-hydrogen) atoms. The van der Waals surface area contributed by atoms with Crippen molar-refractivity contribution in [1.82, 2.24) is 4.98 Å². The van der Waals surface area contributed by atoms with Crippen LogP contribution in [-0.4, -0.2) is 16.1 Å². The van der Waals surface area contributed by atoms with Crippen molar-refractivity contribution in [2.75, 3.05) is 0 Å². The molecule has 0 atom stereocenters. The fourth-order valence-electron chi connectivity index (χ4n) is 2.25. The van der Waals surface area contributed by atoms with E-state index in [1.165, 1.54) is 0 Å². The maximum Gasteiger partial charge on any atom is 0.335 e. The van der Waals surface area contributed by atoms with E-state index in [1.54, 1.807) is 12.1 Å². The van der Waals surface area contributed by atoms with E-state index < -0.39 is 5.97 Å². The van der Waals surface area contributed by atoms with E-state index in [0.717, 1.165) is 27.4 Å². The lowest BCUT2D eigenvalue weighted by molar-refractivity contribution is 0.0697. The minimum absolute atomic E-state index is 0.333. The number of carboxylic acids is 1. The van der Waals surface area contributed by atoms with E-state index in [0.29, 0.717) is 5.56 Å². The number of nitrogens with one attached hydrogen (secondary N) is 1. The number of carboxylic acid groups (broad SMARTS) is 1. The van der Waals surface area contributed by atoms with Crippen LogP contribution in [0.25, 0.3) is 21.8 Å². The summed E-state index contributed by atoms with van der Waals surface area (Å²) in [6.07, 6.45) is 0. The molecule has 0 radical (unpaired) electrons. The molecule has 1 heterocycles. The first-order chi connectivity index (χ1) is 8.16. The normalized spacial score (nSPS) is 11.1. The quantitative estimate of drug-likeness (QED) is 0.667. The summed E-state index contributed by atoms with van der Waals surface area (Å²) in [6, 6.07) is 11.3. The fourth-order valence-corrected chi connectivity index (χ4v) is 2.25. The third kappa shape index (κ3) is 1.40. The van der Waals surface area contributed by atoms with Gasteiger partial charge in [0.05, 0.1) is 5.56 Å². The smallest absolute Gasteiger partial charge is 0.335 e. The van der Waals surface area contributed by atoms with Crippen LogP contribution in [0.15, 0.2) is 36.4 Å². The van der Waals surface area contributed by atoms with Crippen LogP contribution in [0, 0.1) is 6.92 Å². The molecule has 2 aromatic carbocycles. The molecule has 0 spiro atoms. The van der Waals surface area contributed by atoms with Crippen LogP contribution in [0.1, 0.15) is 15.9 Å². The van der Waals surface area contributed by atoms with Gasteiger partial charge >= 0.3 is 5.97 Å². The number of aromatic nitrogens is 1. The standard InChI is InChI=1S/C14H11NO2/c1-8-6-9(14(16)17)7-11-10-4-2-3-5-12(10)15-13(8)11/h2-7,15H,1H3,(H,16,17). The van der Waals surface area contributed by atoms with Crippen LogP contribution in [-0.2, 0) is 0 Å². The Balaban J connectivity index is 2.50. The Kier molecular flexibility index (Phi) is 1.95. The summed E-state index contributed by atoms with van der Waals surface area (Å²) < 4.78 is 0. The summed E-state index contributed by atoms with van der Waals surface area (Å²) in [5.74, 6) is -0.889. The first-order valence-electron chi connectivity index (χ1n) is 5.41. The average molecular weight is 225 g/mol. The molecular formula is C14H11NO2. The molecule has 3 nitrogen and oxygen atoms in total. The van der Waals surface area contributed by atoms with Crippen molar-refractivity contribution < 1.29 is 9.90 Å². The van der Waals surface area contributed by atoms with Crippen molar-refractivity contribution >= 4 is 27.8 Å². The summed E-state index contributed by atoms with van der Waals surface area (Å²) in [4.78, 5) is 14.4. The first kappa shape index (κ1) is 9.90. The van der Waals surface area contributed by atoms with Crippen LogP contribution in [0.2, 0.25) is 0 Å². The van der Waals surface area contributed by atoms with Crippen molar-refractivity contribution in [3.8, 4) is 0 Å². The zero-order chi connectivity index (χ0) is 12.0. The number of hydrogen-bond acceptors (Lipinski definition) is 1. The van der Waals surface area contributed by atoms with Crippen LogP contribution in [0.4, 0.5) is 0 Å². The number of fused-ring (bicyclic) bond motifs is 3. The molecule has 0 fully saturated rings. The number of aryl methyl sites for hydroxylation is 1. The lowest BCUT2D eigenvalue weighted by Crippen LogP contribution is -1.96. The Bertz CT molecular complexity index is 740. The molecule has 2 N–H and O–H groups in total. The van der Waals surface area contributed by atoms with Gasteiger partial charge in [-0.25, -0.2) is 4.79 Å². The summed E-state index contributed by atoms with van der Waals surface area (Å²) in [6.45, 7) is 1.92. The van der Waals surface area contributed by atoms with Gasteiger partial charge in [-0.05, 0) is 30.7 Å². The molecule has 0 aliphatic heterocycles. The second kappa shape index (κ2) is 3.35. The number of para-hydroxylation sites is 1. The van der Waals surface area contributed by atoms with E-state index in [2.05, 4.69) is 4.98 Å². The summed E-state index contributed by atoms with van der Waals surface area (Å²) >= 11 is 0. The van der Waals surface area contributed by atoms with Gasteiger partial charge < -0.3 is 10.1 Å². The van der Waals surface area contributed by atoms with Crippen molar-refractivity contribution in [2.24, 2.45) is 0 Å². The van der Waals surface area contributed by atoms with Gasteiger partial charge in [0, 0.05) is 21.8 Å². The lowest BCUT2D eigenvalue weighted by atomic mass is 10.1. The van der Waals surface area contributed by atoms with Crippen LogP contribution in [0.5, 0.6) is 0 Å². The van der Waals surface area contributed by atoms with Gasteiger partial charge in [0.1, 0.15) is 0 Å². The van der Waals surface area contributed by atoms with E-state index in [9.17, 15) is 4.79 Å². The third-order valence-corrected chi connectivity index (χ3v) is 3.06. The highest BCUT2D eigenvalue weighted by Crippen LogP contribution is 2.28. The number of benzene rings is 2. The van der Waals surface area contributed by atoms with Gasteiger partial charge in [-0.3, -0.25) is 0 Å². The molecule has 0 aliphatic carbocycles. The van der Waals surface area contributed by atoms with Crippen molar-refractivity contribution in [2.45, 2.75) is 6.92 Å². The Morgan fingerprint density at radius 1 is 1.18 bits per heavy atom. The lowest BCUT2D eigenvalue weighted by Gasteiger charge is -1.99. The number of hydrogen-bond donors (Lipinski definition) is 2. The average Bonchev–Trinajstić information content (AvgIpc) is 2.68. The third-order valence-electron chi connectivity index (χ3n) is 3.06. The second-order valence-corrected chi connectivity index (χ2v) is 4.19. The molecule has 0 unspecified atom stereocenters. The van der Waals surface area contributed by atoms with Gasteiger partial charge in [0.2, 0.25) is 0 Å². The molecule has 3 aromatic rings. The van der Waals surface area contributed by atoms with Gasteiger partial charge in [-0.2, -0.15) is 0 Å². The zero-order valence-electron chi connectivity index (χ0n) is 9.32. The summed E-state index contributed by atoms with van der Waals surface area (Å²) in [5, 5.41) is 11.1. The molecule has 0 saturated carbocycles. The minimum atomic E-state index is -0.889. The molecule has 3 rings (SSSR count). The Morgan fingerprint density at radius 3 is 2.71 bits per heavy atom. The SMILES string of the molecule is Cc1cc(C(=O)O)cc2c1[nH]c1ccccc12. The van der Waals surface area contributed by atoms with Crippen molar-refractivity contribution in [1.29, 1.82) is 0 Å². The van der Waals surface area contributed by atoms with Gasteiger partial charge in [-0.15, -0.1) is 0 Å². The highest BCUT2D eigenvalue weighted by atomic mass is 16.4. The van der Waals surface area contributed by atoms with E-state index >= 15 is 0 Å². The second-order valence-electron chi connectivity index (χ2n) is 4.19. The minimum Gasteiger partial charge on any atom is -0.478 e. The fraction of sp³-hybridized carbons (Fsp3) is 0.0714. The molecule has 84 valence electrons. The summed E-state index contributed by atoms with van der Waals surface area (Å²) in [7, 11) is 0. The van der Waals surface area contributed by atoms with Gasteiger partial charge in [0.25, 0.3) is 0 Å². The van der Waals surface area contributed by atoms with Crippen LogP contribution >= 0.6 is 0 Å². The number of H-pyrrole nitrogens is 1. The predicted octanol–water partition coefficient (Wildman–Crippen LogP) is 3.33. The molecular weight excluding hydrogens is 214 g/mol. The number of carbonyl (C=O) groups is 1. The maximum absolute atomic E-state index is 11.0. The molecule has 0 bridgehead atoms. The Morgan fingerprint density at radius 2 is 1.94 bits per heavy atom. The van der Waals surface area contributed by atoms with Crippen LogP contribution < -0.4 is 0 Å². The van der Waals surface area contributed by atoms with Crippen molar-refractivity contribution in [3.63, 3.8) is 0 Å².